The maximum atomic E-state index is 13.6. The molecule has 1 N–H and O–H groups in total. The SMILES string of the molecule is CCOC(=O)C1=C(COCCNC)N2OC(=O)/C=C\C(=O)OC1(c1ccccc1Cl)C(C(=O)OC)=C2C. The molecule has 0 aliphatic carbocycles. The second-order valence-electron chi connectivity index (χ2n) is 7.77. The van der Waals surface area contributed by atoms with Gasteiger partial charge in [0.15, 0.2) is 0 Å². The zero-order valence-corrected chi connectivity index (χ0v) is 21.5. The maximum Gasteiger partial charge on any atom is 0.356 e. The van der Waals surface area contributed by atoms with Crippen molar-refractivity contribution in [1.29, 1.82) is 0 Å². The topological polar surface area (TPSA) is 130 Å². The van der Waals surface area contributed by atoms with Crippen LogP contribution in [0.3, 0.4) is 0 Å². The van der Waals surface area contributed by atoms with E-state index in [0.717, 1.165) is 24.3 Å². The van der Waals surface area contributed by atoms with Crippen LogP contribution in [0.15, 0.2) is 59.0 Å². The average Bonchev–Trinajstić information content (AvgIpc) is 2.87. The number of allylic oxidation sites excluding steroid dienone is 1. The van der Waals surface area contributed by atoms with Gasteiger partial charge in [0.25, 0.3) is 0 Å². The van der Waals surface area contributed by atoms with Gasteiger partial charge in [0.05, 0.1) is 38.3 Å². The van der Waals surface area contributed by atoms with Gasteiger partial charge < -0.3 is 29.1 Å². The van der Waals surface area contributed by atoms with Crippen molar-refractivity contribution in [3.05, 3.63) is 69.5 Å². The summed E-state index contributed by atoms with van der Waals surface area (Å²) in [5.74, 6) is -3.95. The van der Waals surface area contributed by atoms with Gasteiger partial charge in [0.1, 0.15) is 11.1 Å². The van der Waals surface area contributed by atoms with Crippen LogP contribution in [0.25, 0.3) is 0 Å². The van der Waals surface area contributed by atoms with Crippen molar-refractivity contribution in [3.63, 3.8) is 0 Å². The lowest BCUT2D eigenvalue weighted by Gasteiger charge is -2.44. The summed E-state index contributed by atoms with van der Waals surface area (Å²) in [4.78, 5) is 58.1. The summed E-state index contributed by atoms with van der Waals surface area (Å²) >= 11 is 6.59. The molecular formula is C25H27ClN2O9. The van der Waals surface area contributed by atoms with Gasteiger partial charge in [-0.15, -0.1) is 0 Å². The lowest BCUT2D eigenvalue weighted by atomic mass is 9.75. The molecule has 1 aromatic rings. The van der Waals surface area contributed by atoms with Crippen LogP contribution in [0.4, 0.5) is 0 Å². The summed E-state index contributed by atoms with van der Waals surface area (Å²) in [6.45, 7) is 3.36. The van der Waals surface area contributed by atoms with E-state index in [1.807, 2.05) is 0 Å². The molecule has 0 spiro atoms. The number of hydroxylamine groups is 2. The fourth-order valence-electron chi connectivity index (χ4n) is 4.06. The van der Waals surface area contributed by atoms with Gasteiger partial charge in [-0.2, -0.15) is 5.06 Å². The number of hydrogen-bond acceptors (Lipinski definition) is 11. The van der Waals surface area contributed by atoms with Gasteiger partial charge in [-0.1, -0.05) is 29.8 Å². The Hall–Kier alpha value is -3.67. The van der Waals surface area contributed by atoms with Crippen LogP contribution in [0.2, 0.25) is 5.02 Å². The van der Waals surface area contributed by atoms with Crippen molar-refractivity contribution >= 4 is 35.5 Å². The molecule has 1 atom stereocenters. The third-order valence-corrected chi connectivity index (χ3v) is 5.88. The number of likely N-dealkylation sites (N-methyl/N-ethyl adjacent to an activating group) is 1. The predicted octanol–water partition coefficient (Wildman–Crippen LogP) is 1.92. The lowest BCUT2D eigenvalue weighted by molar-refractivity contribution is -0.177. The van der Waals surface area contributed by atoms with E-state index in [-0.39, 0.29) is 52.9 Å². The Morgan fingerprint density at radius 2 is 1.81 bits per heavy atom. The number of carbonyl (C=O) groups excluding carboxylic acids is 4. The molecule has 3 aliphatic heterocycles. The quantitative estimate of drug-likeness (QED) is 0.283. The summed E-state index contributed by atoms with van der Waals surface area (Å²) in [5.41, 5.74) is -2.85. The van der Waals surface area contributed by atoms with Gasteiger partial charge in [0.2, 0.25) is 5.60 Å². The highest BCUT2D eigenvalue weighted by atomic mass is 35.5. The molecule has 4 rings (SSSR count). The monoisotopic (exact) mass is 534 g/mol. The van der Waals surface area contributed by atoms with Crippen LogP contribution in [0.1, 0.15) is 19.4 Å². The summed E-state index contributed by atoms with van der Waals surface area (Å²) < 4.78 is 22.1. The van der Waals surface area contributed by atoms with Gasteiger partial charge in [-0.25, -0.2) is 19.2 Å². The fraction of sp³-hybridized carbons (Fsp3) is 0.360. The number of esters is 3. The number of hydrogen-bond donors (Lipinski definition) is 1. The normalized spacial score (nSPS) is 20.4. The first kappa shape index (κ1) is 27.9. The number of ether oxygens (including phenoxy) is 4. The van der Waals surface area contributed by atoms with Gasteiger partial charge in [0, 0.05) is 29.3 Å². The molecule has 198 valence electrons. The Balaban J connectivity index is 2.50. The molecular weight excluding hydrogens is 508 g/mol. The number of rotatable bonds is 9. The second kappa shape index (κ2) is 12.0. The minimum Gasteiger partial charge on any atom is -0.465 e. The highest BCUT2D eigenvalue weighted by Gasteiger charge is 2.58. The number of nitrogens with zero attached hydrogens (tertiary/aromatic N) is 1. The Morgan fingerprint density at radius 3 is 2.46 bits per heavy atom. The molecule has 0 fully saturated rings. The smallest absolute Gasteiger partial charge is 0.356 e. The van der Waals surface area contributed by atoms with E-state index in [4.69, 9.17) is 35.4 Å². The number of fused-ring (bicyclic) bond motifs is 4. The lowest BCUT2D eigenvalue weighted by Crippen LogP contribution is -2.50. The van der Waals surface area contributed by atoms with Crippen molar-refractivity contribution in [2.24, 2.45) is 0 Å². The first-order valence-electron chi connectivity index (χ1n) is 11.3. The highest BCUT2D eigenvalue weighted by Crippen LogP contribution is 2.51. The Morgan fingerprint density at radius 1 is 1.11 bits per heavy atom. The fourth-order valence-corrected chi connectivity index (χ4v) is 4.33. The summed E-state index contributed by atoms with van der Waals surface area (Å²) in [5, 5.41) is 3.99. The molecule has 3 heterocycles. The van der Waals surface area contributed by atoms with Crippen LogP contribution in [0.5, 0.6) is 0 Å². The molecule has 2 bridgehead atoms. The third-order valence-electron chi connectivity index (χ3n) is 5.55. The summed E-state index contributed by atoms with van der Waals surface area (Å²) in [6.07, 6.45) is 1.68. The first-order valence-corrected chi connectivity index (χ1v) is 11.7. The Labute approximate surface area is 218 Å². The van der Waals surface area contributed by atoms with Crippen molar-refractivity contribution < 1.29 is 43.0 Å². The zero-order chi connectivity index (χ0) is 27.2. The van der Waals surface area contributed by atoms with Crippen molar-refractivity contribution in [2.75, 3.05) is 40.5 Å². The average molecular weight is 535 g/mol. The van der Waals surface area contributed by atoms with Gasteiger partial charge in [-0.05, 0) is 27.0 Å². The summed E-state index contributed by atoms with van der Waals surface area (Å²) in [6, 6.07) is 6.24. The summed E-state index contributed by atoms with van der Waals surface area (Å²) in [7, 11) is 2.85. The van der Waals surface area contributed by atoms with Crippen LogP contribution in [-0.2, 0) is 48.6 Å². The Bertz CT molecular complexity index is 1190. The molecule has 37 heavy (non-hydrogen) atoms. The molecule has 1 aromatic carbocycles. The molecule has 11 nitrogen and oxygen atoms in total. The number of halogens is 1. The zero-order valence-electron chi connectivity index (χ0n) is 20.8. The standard InChI is InChI=1S/C25H27ClN2O9/c1-5-35-24(32)22-18(14-34-13-12-27-3)28-15(2)21(23(31)33-4)25(22,16-8-6-7-9-17(16)26)36-19(29)10-11-20(30)37-28/h6-11,27H,5,12-14H2,1-4H3/b11-10-. The largest absolute Gasteiger partial charge is 0.465 e. The number of benzene rings is 1. The van der Waals surface area contributed by atoms with E-state index >= 15 is 0 Å². The Kier molecular flexibility index (Phi) is 9.09. The number of nitrogens with one attached hydrogen (secondary N) is 1. The van der Waals surface area contributed by atoms with Crippen LogP contribution in [0, 0.1) is 0 Å². The van der Waals surface area contributed by atoms with Crippen molar-refractivity contribution in [3.8, 4) is 0 Å². The number of methoxy groups -OCH3 is 1. The minimum absolute atomic E-state index is 0.00323. The van der Waals surface area contributed by atoms with Crippen LogP contribution < -0.4 is 5.32 Å². The molecule has 0 aromatic heterocycles. The minimum atomic E-state index is -2.24. The van der Waals surface area contributed by atoms with Crippen molar-refractivity contribution in [2.45, 2.75) is 19.4 Å². The van der Waals surface area contributed by atoms with E-state index in [9.17, 15) is 19.2 Å². The van der Waals surface area contributed by atoms with E-state index in [1.54, 1.807) is 26.1 Å². The van der Waals surface area contributed by atoms with E-state index in [2.05, 4.69) is 5.32 Å². The molecule has 1 unspecified atom stereocenters. The molecule has 12 heteroatoms. The van der Waals surface area contributed by atoms with Gasteiger partial charge >= 0.3 is 23.9 Å². The molecule has 0 radical (unpaired) electrons. The molecule has 0 saturated carbocycles. The van der Waals surface area contributed by atoms with Crippen LogP contribution >= 0.6 is 11.6 Å². The maximum absolute atomic E-state index is 13.6. The predicted molar refractivity (Wildman–Crippen MR) is 129 cm³/mol. The van der Waals surface area contributed by atoms with Gasteiger partial charge in [-0.3, -0.25) is 0 Å². The second-order valence-corrected chi connectivity index (χ2v) is 8.18. The van der Waals surface area contributed by atoms with E-state index < -0.39 is 29.5 Å². The highest BCUT2D eigenvalue weighted by molar-refractivity contribution is 6.31. The first-order chi connectivity index (χ1) is 17.7. The van der Waals surface area contributed by atoms with E-state index in [0.29, 0.717) is 6.54 Å². The molecule has 3 aliphatic rings. The molecule has 0 saturated heterocycles. The van der Waals surface area contributed by atoms with Crippen LogP contribution in [-0.4, -0.2) is 69.5 Å². The number of carbonyl (C=O) groups is 4. The van der Waals surface area contributed by atoms with Crippen molar-refractivity contribution in [1.82, 2.24) is 10.4 Å². The third kappa shape index (κ3) is 5.38. The molecule has 0 amide bonds. The van der Waals surface area contributed by atoms with E-state index in [1.165, 1.54) is 19.1 Å².